The molecule has 1 fully saturated rings. The molecule has 1 aromatic rings. The van der Waals surface area contributed by atoms with Crippen LogP contribution in [0.15, 0.2) is 23.1 Å². The first kappa shape index (κ1) is 19.3. The molecule has 3 N–H and O–H groups in total. The van der Waals surface area contributed by atoms with Crippen LogP contribution in [0.3, 0.4) is 0 Å². The Morgan fingerprint density at radius 2 is 1.86 bits per heavy atom. The van der Waals surface area contributed by atoms with E-state index in [2.05, 4.69) is 4.72 Å². The number of halogens is 3. The number of hydrogen-bond donors (Lipinski definition) is 2. The van der Waals surface area contributed by atoms with Gasteiger partial charge in [-0.15, -0.1) is 12.4 Å². The summed E-state index contributed by atoms with van der Waals surface area (Å²) < 4.78 is 53.8. The van der Waals surface area contributed by atoms with Crippen LogP contribution in [0.2, 0.25) is 0 Å². The first-order valence-electron chi connectivity index (χ1n) is 7.12. The lowest BCUT2D eigenvalue weighted by atomic mass is 9.84. The average molecular weight is 355 g/mol. The molecule has 0 spiro atoms. The van der Waals surface area contributed by atoms with E-state index in [0.29, 0.717) is 0 Å². The second kappa shape index (κ2) is 8.19. The van der Waals surface area contributed by atoms with E-state index in [4.69, 9.17) is 5.73 Å². The summed E-state index contributed by atoms with van der Waals surface area (Å²) in [6.07, 6.45) is 5.01. The van der Waals surface area contributed by atoms with Gasteiger partial charge in [-0.1, -0.05) is 25.3 Å². The summed E-state index contributed by atoms with van der Waals surface area (Å²) in [5.74, 6) is -2.39. The summed E-state index contributed by atoms with van der Waals surface area (Å²) in [5.41, 5.74) is 5.66. The normalized spacial score (nSPS) is 17.8. The molecule has 4 nitrogen and oxygen atoms in total. The third kappa shape index (κ3) is 4.38. The number of nitrogens with two attached hydrogens (primary N) is 1. The molecule has 1 aliphatic rings. The molecule has 0 heterocycles. The summed E-state index contributed by atoms with van der Waals surface area (Å²) in [4.78, 5) is -0.670. The molecule has 1 unspecified atom stereocenters. The zero-order valence-electron chi connectivity index (χ0n) is 12.1. The molecule has 8 heteroatoms. The Bertz CT molecular complexity index is 593. The quantitative estimate of drug-likeness (QED) is 0.853. The third-order valence-electron chi connectivity index (χ3n) is 3.99. The predicted octanol–water partition coefficient (Wildman–Crippen LogP) is 2.57. The fraction of sp³-hybridized carbons (Fsp3) is 0.571. The minimum Gasteiger partial charge on any atom is -0.329 e. The van der Waals surface area contributed by atoms with Gasteiger partial charge in [-0.25, -0.2) is 21.9 Å². The maximum atomic E-state index is 13.7. The maximum absolute atomic E-state index is 13.7. The van der Waals surface area contributed by atoms with Crippen molar-refractivity contribution >= 4 is 22.4 Å². The smallest absolute Gasteiger partial charge is 0.243 e. The highest BCUT2D eigenvalue weighted by Crippen LogP contribution is 2.27. The first-order valence-corrected chi connectivity index (χ1v) is 8.60. The Labute approximate surface area is 135 Å². The Hall–Kier alpha value is -0.760. The topological polar surface area (TPSA) is 72.2 Å². The molecule has 2 rings (SSSR count). The van der Waals surface area contributed by atoms with E-state index in [1.807, 2.05) is 0 Å². The molecule has 0 saturated heterocycles. The number of hydrogen-bond acceptors (Lipinski definition) is 3. The van der Waals surface area contributed by atoms with Crippen LogP contribution in [-0.4, -0.2) is 21.0 Å². The van der Waals surface area contributed by atoms with Crippen LogP contribution >= 0.6 is 12.4 Å². The van der Waals surface area contributed by atoms with Gasteiger partial charge in [0, 0.05) is 12.6 Å². The van der Waals surface area contributed by atoms with Crippen LogP contribution in [0.25, 0.3) is 0 Å². The van der Waals surface area contributed by atoms with Gasteiger partial charge in [0.25, 0.3) is 0 Å². The van der Waals surface area contributed by atoms with Gasteiger partial charge in [0.2, 0.25) is 10.0 Å². The second-order valence-electron chi connectivity index (χ2n) is 5.41. The van der Waals surface area contributed by atoms with Crippen LogP contribution < -0.4 is 10.5 Å². The first-order chi connectivity index (χ1) is 9.95. The molecule has 22 heavy (non-hydrogen) atoms. The van der Waals surface area contributed by atoms with Crippen molar-refractivity contribution in [1.29, 1.82) is 0 Å². The van der Waals surface area contributed by atoms with Gasteiger partial charge in [-0.2, -0.15) is 0 Å². The van der Waals surface area contributed by atoms with Gasteiger partial charge < -0.3 is 5.73 Å². The van der Waals surface area contributed by atoms with Crippen molar-refractivity contribution in [2.45, 2.75) is 43.0 Å². The summed E-state index contributed by atoms with van der Waals surface area (Å²) in [6.45, 7) is 0.140. The molecule has 126 valence electrons. The Morgan fingerprint density at radius 1 is 1.23 bits per heavy atom. The van der Waals surface area contributed by atoms with E-state index in [1.54, 1.807) is 0 Å². The Kier molecular flexibility index (Phi) is 7.18. The summed E-state index contributed by atoms with van der Waals surface area (Å²) in [5, 5.41) is 0. The maximum Gasteiger partial charge on any atom is 0.243 e. The molecule has 1 aliphatic carbocycles. The van der Waals surface area contributed by atoms with Crippen molar-refractivity contribution in [3.05, 3.63) is 29.8 Å². The van der Waals surface area contributed by atoms with Gasteiger partial charge in [-0.3, -0.25) is 0 Å². The van der Waals surface area contributed by atoms with E-state index < -0.39 is 32.6 Å². The van der Waals surface area contributed by atoms with Crippen LogP contribution in [-0.2, 0) is 10.0 Å². The standard InChI is InChI=1S/C14H20F2N2O2S.ClH/c15-11-7-4-8-13(14(11)16)21(19,20)18-12(9-17)10-5-2-1-3-6-10;/h4,7-8,10,12,18H,1-3,5-6,9,17H2;1H. The Balaban J connectivity index is 0.00000242. The third-order valence-corrected chi connectivity index (χ3v) is 5.49. The molecule has 0 aliphatic heterocycles. The monoisotopic (exact) mass is 354 g/mol. The second-order valence-corrected chi connectivity index (χ2v) is 7.10. The molecule has 0 bridgehead atoms. The molecular weight excluding hydrogens is 334 g/mol. The van der Waals surface area contributed by atoms with Crippen molar-refractivity contribution in [3.63, 3.8) is 0 Å². The van der Waals surface area contributed by atoms with Gasteiger partial charge in [-0.05, 0) is 30.9 Å². The molecule has 0 radical (unpaired) electrons. The van der Waals surface area contributed by atoms with Crippen molar-refractivity contribution in [2.24, 2.45) is 11.7 Å². The molecule has 0 aromatic heterocycles. The average Bonchev–Trinajstić information content (AvgIpc) is 2.48. The van der Waals surface area contributed by atoms with Gasteiger partial charge in [0.15, 0.2) is 11.6 Å². The fourth-order valence-electron chi connectivity index (χ4n) is 2.83. The molecular formula is C14H21ClF2N2O2S. The van der Waals surface area contributed by atoms with Gasteiger partial charge in [0.1, 0.15) is 4.90 Å². The summed E-state index contributed by atoms with van der Waals surface area (Å²) >= 11 is 0. The van der Waals surface area contributed by atoms with Crippen LogP contribution in [0.5, 0.6) is 0 Å². The molecule has 0 amide bonds. The number of sulfonamides is 1. The van der Waals surface area contributed by atoms with Crippen LogP contribution in [0.1, 0.15) is 32.1 Å². The van der Waals surface area contributed by atoms with Crippen molar-refractivity contribution in [1.82, 2.24) is 4.72 Å². The van der Waals surface area contributed by atoms with E-state index in [1.165, 1.54) is 6.07 Å². The lowest BCUT2D eigenvalue weighted by Crippen LogP contribution is -2.46. The van der Waals surface area contributed by atoms with Crippen molar-refractivity contribution in [2.75, 3.05) is 6.54 Å². The number of benzene rings is 1. The highest BCUT2D eigenvalue weighted by molar-refractivity contribution is 7.89. The highest BCUT2D eigenvalue weighted by atomic mass is 35.5. The van der Waals surface area contributed by atoms with Crippen LogP contribution in [0.4, 0.5) is 8.78 Å². The van der Waals surface area contributed by atoms with E-state index in [9.17, 15) is 17.2 Å². The zero-order chi connectivity index (χ0) is 15.5. The SMILES string of the molecule is Cl.NCC(NS(=O)(=O)c1cccc(F)c1F)C1CCCCC1. The summed E-state index contributed by atoms with van der Waals surface area (Å²) in [6, 6.07) is 2.66. The zero-order valence-corrected chi connectivity index (χ0v) is 13.7. The van der Waals surface area contributed by atoms with Crippen molar-refractivity contribution < 1.29 is 17.2 Å². The minimum atomic E-state index is -4.12. The number of nitrogens with one attached hydrogen (secondary N) is 1. The highest BCUT2D eigenvalue weighted by Gasteiger charge is 2.29. The Morgan fingerprint density at radius 3 is 2.45 bits per heavy atom. The molecule has 1 saturated carbocycles. The van der Waals surface area contributed by atoms with Gasteiger partial charge in [0.05, 0.1) is 0 Å². The molecule has 1 atom stereocenters. The summed E-state index contributed by atoms with van der Waals surface area (Å²) in [7, 11) is -4.12. The van der Waals surface area contributed by atoms with E-state index in [-0.39, 0.29) is 24.9 Å². The van der Waals surface area contributed by atoms with E-state index >= 15 is 0 Å². The fourth-order valence-corrected chi connectivity index (χ4v) is 4.23. The minimum absolute atomic E-state index is 0. The molecule has 1 aromatic carbocycles. The van der Waals surface area contributed by atoms with E-state index in [0.717, 1.165) is 44.2 Å². The lowest BCUT2D eigenvalue weighted by molar-refractivity contribution is 0.294. The van der Waals surface area contributed by atoms with Crippen LogP contribution in [0, 0.1) is 17.6 Å². The van der Waals surface area contributed by atoms with Gasteiger partial charge >= 0.3 is 0 Å². The predicted molar refractivity (Wildman–Crippen MR) is 83.3 cm³/mol. The van der Waals surface area contributed by atoms with Crippen molar-refractivity contribution in [3.8, 4) is 0 Å². The number of rotatable bonds is 5. The largest absolute Gasteiger partial charge is 0.329 e. The lowest BCUT2D eigenvalue weighted by Gasteiger charge is -2.29.